The van der Waals surface area contributed by atoms with E-state index < -0.39 is 0 Å². The Hall–Kier alpha value is 0.349. The fourth-order valence-electron chi connectivity index (χ4n) is 0.174. The molecule has 0 aliphatic rings. The molecule has 0 aliphatic heterocycles. The number of rotatable bonds is 2. The molecule has 7 heavy (non-hydrogen) atoms. The fourth-order valence-corrected chi connectivity index (χ4v) is 0.905. The Balaban J connectivity index is 3.58. The van der Waals surface area contributed by atoms with E-state index in [-0.39, 0.29) is 0 Å². The molecule has 40 valence electrons. The molecule has 2 heteroatoms. The topological polar surface area (TPSA) is 0 Å². The van der Waals surface area contributed by atoms with Gasteiger partial charge in [0.25, 0.3) is 0 Å². The Kier molecular flexibility index (Phi) is 3.53. The first-order chi connectivity index (χ1) is 3.18. The van der Waals surface area contributed by atoms with Gasteiger partial charge in [-0.25, -0.2) is 0 Å². The standard InChI is InChI=1S/C5H8SSe/c1-4(2)5(6)7-3/h1H2,2-3H3. The SMILES string of the molecule is C=C(C)C(=S)[Se]C. The van der Waals surface area contributed by atoms with Gasteiger partial charge in [0.2, 0.25) is 0 Å². The molecule has 0 bridgehead atoms. The van der Waals surface area contributed by atoms with Crippen molar-refractivity contribution in [3.05, 3.63) is 12.2 Å². The predicted molar refractivity (Wildman–Crippen MR) is 39.0 cm³/mol. The quantitative estimate of drug-likeness (QED) is 0.353. The van der Waals surface area contributed by atoms with Crippen molar-refractivity contribution in [1.29, 1.82) is 0 Å². The van der Waals surface area contributed by atoms with Crippen LogP contribution in [0.15, 0.2) is 12.2 Å². The zero-order valence-corrected chi connectivity index (χ0v) is 7.05. The Morgan fingerprint density at radius 2 is 2.14 bits per heavy atom. The van der Waals surface area contributed by atoms with E-state index >= 15 is 0 Å². The Labute approximate surface area is 56.1 Å². The number of thiocarbonyl (C=S) groups is 1. The molecule has 0 rings (SSSR count). The molecule has 0 aromatic heterocycles. The van der Waals surface area contributed by atoms with Gasteiger partial charge in [0, 0.05) is 0 Å². The van der Waals surface area contributed by atoms with E-state index in [9.17, 15) is 0 Å². The van der Waals surface area contributed by atoms with E-state index in [0.717, 1.165) is 9.34 Å². The average Bonchev–Trinajstić information content (AvgIpc) is 1.65. The van der Waals surface area contributed by atoms with Crippen LogP contribution < -0.4 is 0 Å². The van der Waals surface area contributed by atoms with Gasteiger partial charge in [0.15, 0.2) is 0 Å². The van der Waals surface area contributed by atoms with Crippen molar-refractivity contribution in [1.82, 2.24) is 0 Å². The summed E-state index contributed by atoms with van der Waals surface area (Å²) in [6.45, 7) is 5.65. The van der Waals surface area contributed by atoms with Gasteiger partial charge in [0.1, 0.15) is 0 Å². The second-order valence-electron chi connectivity index (χ2n) is 1.27. The first-order valence-corrected chi connectivity index (χ1v) is 4.90. The minimum atomic E-state index is 0.487. The number of hydrogen-bond acceptors (Lipinski definition) is 1. The molecule has 0 unspecified atom stereocenters. The Morgan fingerprint density at radius 3 is 2.14 bits per heavy atom. The van der Waals surface area contributed by atoms with E-state index in [1.165, 1.54) is 0 Å². The Bertz CT molecular complexity index is 96.3. The average molecular weight is 179 g/mol. The molecule has 0 spiro atoms. The van der Waals surface area contributed by atoms with Crippen molar-refractivity contribution in [2.24, 2.45) is 0 Å². The molecule has 0 saturated heterocycles. The van der Waals surface area contributed by atoms with Crippen LogP contribution in [-0.2, 0) is 0 Å². The molecule has 0 fully saturated rings. The third-order valence-corrected chi connectivity index (χ3v) is 3.26. The maximum atomic E-state index is 4.91. The van der Waals surface area contributed by atoms with Gasteiger partial charge in [-0.3, -0.25) is 0 Å². The van der Waals surface area contributed by atoms with Crippen LogP contribution in [0, 0.1) is 0 Å². The van der Waals surface area contributed by atoms with Gasteiger partial charge >= 0.3 is 55.8 Å². The van der Waals surface area contributed by atoms with Crippen molar-refractivity contribution in [2.75, 3.05) is 0 Å². The van der Waals surface area contributed by atoms with E-state index in [1.54, 1.807) is 0 Å². The van der Waals surface area contributed by atoms with Crippen molar-refractivity contribution in [3.8, 4) is 0 Å². The summed E-state index contributed by atoms with van der Waals surface area (Å²) in [5.74, 6) is 2.10. The summed E-state index contributed by atoms with van der Waals surface area (Å²) in [6.07, 6.45) is 0. The summed E-state index contributed by atoms with van der Waals surface area (Å²) < 4.78 is 1.05. The second kappa shape index (κ2) is 3.36. The summed E-state index contributed by atoms with van der Waals surface area (Å²) in [5, 5.41) is 0. The molecule has 0 heterocycles. The van der Waals surface area contributed by atoms with Crippen LogP contribution in [0.4, 0.5) is 0 Å². The van der Waals surface area contributed by atoms with Gasteiger partial charge in [-0.05, 0) is 0 Å². The normalized spacial score (nSPS) is 8.29. The van der Waals surface area contributed by atoms with Crippen LogP contribution in [0.3, 0.4) is 0 Å². The molecular weight excluding hydrogens is 171 g/mol. The number of allylic oxidation sites excluding steroid dienone is 1. The molecule has 0 nitrogen and oxygen atoms in total. The van der Waals surface area contributed by atoms with Gasteiger partial charge < -0.3 is 0 Å². The molecular formula is C5H8SSe. The first kappa shape index (κ1) is 7.35. The zero-order chi connectivity index (χ0) is 5.86. The molecule has 0 saturated carbocycles. The fraction of sp³-hybridized carbons (Fsp3) is 0.400. The third kappa shape index (κ3) is 2.98. The first-order valence-electron chi connectivity index (χ1n) is 1.92. The van der Waals surface area contributed by atoms with Gasteiger partial charge in [0.05, 0.1) is 0 Å². The van der Waals surface area contributed by atoms with E-state index in [4.69, 9.17) is 12.2 Å². The molecule has 0 N–H and O–H groups in total. The minimum absolute atomic E-state index is 0.487. The van der Waals surface area contributed by atoms with Crippen molar-refractivity contribution in [3.63, 3.8) is 0 Å². The van der Waals surface area contributed by atoms with Crippen molar-refractivity contribution >= 4 is 30.9 Å². The monoisotopic (exact) mass is 180 g/mol. The van der Waals surface area contributed by atoms with Crippen LogP contribution in [0.1, 0.15) is 6.92 Å². The summed E-state index contributed by atoms with van der Waals surface area (Å²) in [6, 6.07) is 0. The van der Waals surface area contributed by atoms with E-state index in [0.29, 0.717) is 15.0 Å². The molecule has 0 atom stereocenters. The molecule has 0 aliphatic carbocycles. The number of hydrogen-bond donors (Lipinski definition) is 0. The van der Waals surface area contributed by atoms with Crippen LogP contribution in [0.25, 0.3) is 0 Å². The Morgan fingerprint density at radius 1 is 1.71 bits per heavy atom. The molecule has 0 amide bonds. The molecule has 0 aromatic rings. The third-order valence-electron chi connectivity index (χ3n) is 0.534. The summed E-state index contributed by atoms with van der Waals surface area (Å²) in [5.41, 5.74) is 1.05. The molecule has 0 aromatic carbocycles. The van der Waals surface area contributed by atoms with Crippen LogP contribution in [0.2, 0.25) is 5.82 Å². The van der Waals surface area contributed by atoms with Gasteiger partial charge in [-0.15, -0.1) is 0 Å². The van der Waals surface area contributed by atoms with Crippen molar-refractivity contribution in [2.45, 2.75) is 12.7 Å². The van der Waals surface area contributed by atoms with E-state index in [2.05, 4.69) is 12.4 Å². The molecule has 0 radical (unpaired) electrons. The van der Waals surface area contributed by atoms with Gasteiger partial charge in [-0.1, -0.05) is 0 Å². The maximum absolute atomic E-state index is 4.91. The summed E-state index contributed by atoms with van der Waals surface area (Å²) >= 11 is 5.39. The second-order valence-corrected chi connectivity index (χ2v) is 3.98. The van der Waals surface area contributed by atoms with Crippen LogP contribution >= 0.6 is 12.2 Å². The van der Waals surface area contributed by atoms with Gasteiger partial charge in [-0.2, -0.15) is 0 Å². The van der Waals surface area contributed by atoms with Crippen LogP contribution in [0.5, 0.6) is 0 Å². The zero-order valence-electron chi connectivity index (χ0n) is 4.52. The van der Waals surface area contributed by atoms with Crippen molar-refractivity contribution < 1.29 is 0 Å². The summed E-state index contributed by atoms with van der Waals surface area (Å²) in [7, 11) is 0. The summed E-state index contributed by atoms with van der Waals surface area (Å²) in [4.78, 5) is 0. The van der Waals surface area contributed by atoms with Crippen LogP contribution in [-0.4, -0.2) is 18.7 Å². The van der Waals surface area contributed by atoms with E-state index in [1.807, 2.05) is 6.92 Å². The predicted octanol–water partition coefficient (Wildman–Crippen LogP) is 1.64.